The van der Waals surface area contributed by atoms with Crippen LogP contribution in [0.1, 0.15) is 31.3 Å². The predicted octanol–water partition coefficient (Wildman–Crippen LogP) is 4.73. The molecule has 1 heterocycles. The Labute approximate surface area is 95.2 Å². The van der Waals surface area contributed by atoms with Gasteiger partial charge in [-0.1, -0.05) is 32.1 Å². The molecular formula is C11H17NS2. The van der Waals surface area contributed by atoms with Crippen LogP contribution < -0.4 is 0 Å². The third-order valence-corrected chi connectivity index (χ3v) is 2.56. The molecule has 1 rings (SSSR count). The molecule has 78 valence electrons. The van der Waals surface area contributed by atoms with Crippen LogP contribution in [0.3, 0.4) is 0 Å². The molecule has 0 aliphatic rings. The minimum Gasteiger partial charge on any atom is -0.337 e. The summed E-state index contributed by atoms with van der Waals surface area (Å²) >= 11 is 6.61. The van der Waals surface area contributed by atoms with E-state index in [4.69, 9.17) is 12.2 Å². The van der Waals surface area contributed by atoms with E-state index in [-0.39, 0.29) is 0 Å². The maximum absolute atomic E-state index is 5.01. The highest BCUT2D eigenvalue weighted by atomic mass is 32.1. The molecule has 1 nitrogen and oxygen atoms in total. The van der Waals surface area contributed by atoms with Crippen molar-refractivity contribution in [1.82, 2.24) is 4.98 Å². The highest BCUT2D eigenvalue weighted by Gasteiger charge is 1.95. The van der Waals surface area contributed by atoms with E-state index in [2.05, 4.69) is 18.5 Å². The second-order valence-corrected chi connectivity index (χ2v) is 4.56. The zero-order chi connectivity index (χ0) is 11.1. The van der Waals surface area contributed by atoms with E-state index in [1.165, 1.54) is 4.88 Å². The number of thiazole rings is 1. The van der Waals surface area contributed by atoms with Crippen molar-refractivity contribution < 1.29 is 0 Å². The van der Waals surface area contributed by atoms with Crippen LogP contribution in [0.5, 0.6) is 0 Å². The van der Waals surface area contributed by atoms with E-state index in [1.54, 1.807) is 11.3 Å². The fraction of sp³-hybridized carbons (Fsp3) is 0.364. The first-order valence-electron chi connectivity index (χ1n) is 4.63. The number of aromatic nitrogens is 1. The average molecular weight is 227 g/mol. The summed E-state index contributed by atoms with van der Waals surface area (Å²) in [5.74, 6) is 0. The fourth-order valence-corrected chi connectivity index (χ4v) is 1.96. The quantitative estimate of drug-likeness (QED) is 0.570. The third kappa shape index (κ3) is 4.53. The van der Waals surface area contributed by atoms with Crippen molar-refractivity contribution in [3.05, 3.63) is 32.8 Å². The fourth-order valence-electron chi connectivity index (χ4n) is 0.802. The van der Waals surface area contributed by atoms with Crippen LogP contribution in [-0.4, -0.2) is 4.98 Å². The summed E-state index contributed by atoms with van der Waals surface area (Å²) in [7, 11) is 0. The monoisotopic (exact) mass is 227 g/mol. The van der Waals surface area contributed by atoms with Gasteiger partial charge in [-0.3, -0.25) is 0 Å². The van der Waals surface area contributed by atoms with Crippen molar-refractivity contribution in [1.29, 1.82) is 0 Å². The molecule has 0 atom stereocenters. The molecule has 0 saturated heterocycles. The van der Waals surface area contributed by atoms with Crippen LogP contribution in [0.2, 0.25) is 0 Å². The van der Waals surface area contributed by atoms with Gasteiger partial charge in [0.25, 0.3) is 0 Å². The molecule has 0 unspecified atom stereocenters. The van der Waals surface area contributed by atoms with Gasteiger partial charge in [0.1, 0.15) is 0 Å². The lowest BCUT2D eigenvalue weighted by molar-refractivity contribution is 1.32. The summed E-state index contributed by atoms with van der Waals surface area (Å²) in [6.07, 6.45) is 3.98. The number of nitrogens with one attached hydrogen (secondary N) is 1. The van der Waals surface area contributed by atoms with Crippen molar-refractivity contribution in [2.75, 3.05) is 0 Å². The van der Waals surface area contributed by atoms with Crippen LogP contribution in [0.15, 0.2) is 18.2 Å². The number of H-pyrrole nitrogens is 1. The topological polar surface area (TPSA) is 15.8 Å². The van der Waals surface area contributed by atoms with Crippen LogP contribution in [-0.2, 0) is 0 Å². The van der Waals surface area contributed by atoms with Crippen molar-refractivity contribution in [3.8, 4) is 0 Å². The number of aryl methyl sites for hydroxylation is 1. The Hall–Kier alpha value is -0.670. The van der Waals surface area contributed by atoms with E-state index < -0.39 is 0 Å². The van der Waals surface area contributed by atoms with Gasteiger partial charge >= 0.3 is 0 Å². The maximum Gasteiger partial charge on any atom is 0.159 e. The van der Waals surface area contributed by atoms with Crippen molar-refractivity contribution >= 4 is 29.6 Å². The number of rotatable bonds is 2. The Morgan fingerprint density at radius 3 is 2.43 bits per heavy atom. The molecule has 0 aliphatic carbocycles. The summed E-state index contributed by atoms with van der Waals surface area (Å²) in [5, 5.41) is 0. The average Bonchev–Trinajstić information content (AvgIpc) is 2.45. The molecule has 0 bridgehead atoms. The van der Waals surface area contributed by atoms with Crippen LogP contribution in [0.25, 0.3) is 6.08 Å². The molecule has 0 radical (unpaired) electrons. The van der Waals surface area contributed by atoms with Crippen molar-refractivity contribution in [2.24, 2.45) is 0 Å². The second-order valence-electron chi connectivity index (χ2n) is 2.66. The largest absolute Gasteiger partial charge is 0.337 e. The van der Waals surface area contributed by atoms with Gasteiger partial charge in [-0.25, -0.2) is 0 Å². The van der Waals surface area contributed by atoms with Crippen molar-refractivity contribution in [3.63, 3.8) is 0 Å². The van der Waals surface area contributed by atoms with Gasteiger partial charge < -0.3 is 4.98 Å². The first kappa shape index (κ1) is 13.3. The Kier molecular flexibility index (Phi) is 6.41. The van der Waals surface area contributed by atoms with Crippen LogP contribution in [0.4, 0.5) is 0 Å². The van der Waals surface area contributed by atoms with Gasteiger partial charge in [-0.05, 0) is 32.1 Å². The first-order chi connectivity index (χ1) is 6.59. The standard InChI is InChI=1S/C9H11NS2.C2H6/c1-6(2)4-5-8-7(3)12-9(11)10-8;1-2/h4-5H,1H2,2-3H3,(H,10,11);1-2H3/b5-4-;. The first-order valence-corrected chi connectivity index (χ1v) is 5.85. The molecule has 1 aromatic heterocycles. The van der Waals surface area contributed by atoms with E-state index in [0.29, 0.717) is 0 Å². The lowest BCUT2D eigenvalue weighted by Gasteiger charge is -1.88. The van der Waals surface area contributed by atoms with Gasteiger partial charge in [0, 0.05) is 4.88 Å². The molecule has 0 amide bonds. The van der Waals surface area contributed by atoms with Crippen LogP contribution in [0, 0.1) is 10.9 Å². The minimum atomic E-state index is 0.828. The Balaban J connectivity index is 0.000000791. The molecule has 14 heavy (non-hydrogen) atoms. The van der Waals surface area contributed by atoms with E-state index in [9.17, 15) is 0 Å². The highest BCUT2D eigenvalue weighted by molar-refractivity contribution is 7.73. The smallest absolute Gasteiger partial charge is 0.159 e. The van der Waals surface area contributed by atoms with E-state index in [0.717, 1.165) is 15.2 Å². The van der Waals surface area contributed by atoms with E-state index >= 15 is 0 Å². The lowest BCUT2D eigenvalue weighted by Crippen LogP contribution is -1.73. The minimum absolute atomic E-state index is 0.828. The lowest BCUT2D eigenvalue weighted by atomic mass is 10.3. The number of hydrogen-bond donors (Lipinski definition) is 1. The Bertz CT molecular complexity index is 369. The summed E-state index contributed by atoms with van der Waals surface area (Å²) in [5.41, 5.74) is 2.13. The maximum atomic E-state index is 5.01. The predicted molar refractivity (Wildman–Crippen MR) is 69.4 cm³/mol. The summed E-state index contributed by atoms with van der Waals surface area (Å²) in [6, 6.07) is 0. The van der Waals surface area contributed by atoms with Gasteiger partial charge in [-0.15, -0.1) is 11.3 Å². The Morgan fingerprint density at radius 1 is 1.50 bits per heavy atom. The highest BCUT2D eigenvalue weighted by Crippen LogP contribution is 2.15. The molecular weight excluding hydrogens is 210 g/mol. The SMILES string of the molecule is C=C(C)/C=C\c1[nH]c(=S)sc1C.CC. The van der Waals surface area contributed by atoms with Gasteiger partial charge in [0.05, 0.1) is 5.69 Å². The zero-order valence-corrected chi connectivity index (χ0v) is 10.8. The third-order valence-electron chi connectivity index (χ3n) is 1.40. The zero-order valence-electron chi connectivity index (χ0n) is 9.18. The van der Waals surface area contributed by atoms with Crippen molar-refractivity contribution in [2.45, 2.75) is 27.7 Å². The van der Waals surface area contributed by atoms with E-state index in [1.807, 2.05) is 32.9 Å². The summed E-state index contributed by atoms with van der Waals surface area (Å²) in [4.78, 5) is 4.32. The second kappa shape index (κ2) is 6.74. The number of hydrogen-bond acceptors (Lipinski definition) is 2. The normalized spacial score (nSPS) is 9.71. The van der Waals surface area contributed by atoms with Crippen LogP contribution >= 0.6 is 23.6 Å². The molecule has 0 aromatic carbocycles. The molecule has 0 saturated carbocycles. The van der Waals surface area contributed by atoms with Gasteiger partial charge in [0.2, 0.25) is 0 Å². The number of aromatic amines is 1. The molecule has 0 spiro atoms. The van der Waals surface area contributed by atoms with Gasteiger partial charge in [-0.2, -0.15) is 0 Å². The van der Waals surface area contributed by atoms with Gasteiger partial charge in [0.15, 0.2) is 3.95 Å². The molecule has 1 aromatic rings. The molecule has 3 heteroatoms. The molecule has 0 fully saturated rings. The number of allylic oxidation sites excluding steroid dienone is 2. The summed E-state index contributed by atoms with van der Waals surface area (Å²) in [6.45, 7) is 11.8. The molecule has 0 aliphatic heterocycles. The Morgan fingerprint density at radius 2 is 2.07 bits per heavy atom. The summed E-state index contributed by atoms with van der Waals surface area (Å²) < 4.78 is 0.828. The molecule has 1 N–H and O–H groups in total.